The average Bonchev–Trinajstić information content (AvgIpc) is 2.67. The van der Waals surface area contributed by atoms with E-state index in [1.807, 2.05) is 6.21 Å². The molecule has 2 heterocycles. The number of hydrogen-bond acceptors (Lipinski definition) is 3. The van der Waals surface area contributed by atoms with Crippen molar-refractivity contribution in [1.82, 2.24) is 0 Å². The van der Waals surface area contributed by atoms with Crippen LogP contribution >= 0.6 is 0 Å². The monoisotopic (exact) mass is 208 g/mol. The van der Waals surface area contributed by atoms with Gasteiger partial charge in [-0.25, -0.2) is 0 Å². The van der Waals surface area contributed by atoms with Crippen molar-refractivity contribution in [3.05, 3.63) is 11.5 Å². The minimum absolute atomic E-state index is 0.0775. The van der Waals surface area contributed by atoms with Crippen molar-refractivity contribution in [2.45, 2.75) is 45.8 Å². The quantitative estimate of drug-likeness (QED) is 0.755. The molecule has 0 saturated carbocycles. The molecule has 0 radical (unpaired) electrons. The molecule has 0 aromatic heterocycles. The Hall–Kier alpha value is -0.830. The van der Waals surface area contributed by atoms with Gasteiger partial charge in [-0.05, 0) is 11.8 Å². The van der Waals surface area contributed by atoms with Gasteiger partial charge in [-0.2, -0.15) is 0 Å². The van der Waals surface area contributed by atoms with Crippen molar-refractivity contribution < 1.29 is 4.74 Å². The van der Waals surface area contributed by atoms with E-state index in [9.17, 15) is 0 Å². The molecule has 0 unspecified atom stereocenters. The normalized spacial score (nSPS) is 27.8. The lowest BCUT2D eigenvalue weighted by Crippen LogP contribution is -2.54. The minimum atomic E-state index is -0.261. The molecular weight excluding hydrogens is 188 g/mol. The van der Waals surface area contributed by atoms with E-state index in [2.05, 4.69) is 32.7 Å². The number of rotatable bonds is 2. The van der Waals surface area contributed by atoms with Gasteiger partial charge in [0, 0.05) is 12.6 Å². The zero-order valence-electron chi connectivity index (χ0n) is 9.95. The molecule has 0 aromatic carbocycles. The summed E-state index contributed by atoms with van der Waals surface area (Å²) >= 11 is 0. The highest BCUT2D eigenvalue weighted by Crippen LogP contribution is 2.45. The molecule has 2 aliphatic heterocycles. The van der Waals surface area contributed by atoms with E-state index in [0.29, 0.717) is 11.8 Å². The average molecular weight is 208 g/mol. The van der Waals surface area contributed by atoms with Crippen molar-refractivity contribution >= 4 is 6.21 Å². The highest BCUT2D eigenvalue weighted by Gasteiger charge is 2.53. The Balaban J connectivity index is 2.36. The van der Waals surface area contributed by atoms with Crippen LogP contribution < -0.4 is 5.73 Å². The predicted molar refractivity (Wildman–Crippen MR) is 61.6 cm³/mol. The van der Waals surface area contributed by atoms with Crippen LogP contribution in [0.1, 0.15) is 34.1 Å². The third kappa shape index (κ3) is 1.26. The van der Waals surface area contributed by atoms with Crippen LogP contribution in [-0.2, 0) is 4.74 Å². The lowest BCUT2D eigenvalue weighted by Gasteiger charge is -2.41. The van der Waals surface area contributed by atoms with E-state index >= 15 is 0 Å². The van der Waals surface area contributed by atoms with Crippen LogP contribution in [0.4, 0.5) is 0 Å². The van der Waals surface area contributed by atoms with Gasteiger partial charge in [-0.3, -0.25) is 4.99 Å². The SMILES string of the molecule is CC(C)C1(C(C)C)OC2=C(N=CC2)[C@H]1N. The minimum Gasteiger partial charge on any atom is -0.487 e. The van der Waals surface area contributed by atoms with Crippen molar-refractivity contribution in [3.63, 3.8) is 0 Å². The molecule has 2 aliphatic rings. The smallest absolute Gasteiger partial charge is 0.134 e. The number of ether oxygens (including phenoxy) is 1. The lowest BCUT2D eigenvalue weighted by molar-refractivity contribution is -0.0641. The molecule has 0 fully saturated rings. The molecular formula is C12H20N2O. The molecule has 0 aromatic rings. The largest absolute Gasteiger partial charge is 0.487 e. The molecule has 15 heavy (non-hydrogen) atoms. The fraction of sp³-hybridized carbons (Fsp3) is 0.750. The van der Waals surface area contributed by atoms with Gasteiger partial charge in [0.15, 0.2) is 0 Å². The maximum atomic E-state index is 6.30. The maximum absolute atomic E-state index is 6.30. The van der Waals surface area contributed by atoms with Gasteiger partial charge >= 0.3 is 0 Å². The number of nitrogens with zero attached hydrogens (tertiary/aromatic N) is 1. The number of hydrogen-bond donors (Lipinski definition) is 1. The fourth-order valence-corrected chi connectivity index (χ4v) is 2.86. The molecule has 3 heteroatoms. The van der Waals surface area contributed by atoms with Crippen LogP contribution in [0.3, 0.4) is 0 Å². The summed E-state index contributed by atoms with van der Waals surface area (Å²) in [7, 11) is 0. The third-order valence-corrected chi connectivity index (χ3v) is 3.68. The maximum Gasteiger partial charge on any atom is 0.134 e. The second-order valence-electron chi connectivity index (χ2n) is 5.07. The topological polar surface area (TPSA) is 47.6 Å². The Morgan fingerprint density at radius 2 is 2.00 bits per heavy atom. The lowest BCUT2D eigenvalue weighted by atomic mass is 9.75. The van der Waals surface area contributed by atoms with Crippen LogP contribution in [0, 0.1) is 11.8 Å². The zero-order valence-corrected chi connectivity index (χ0v) is 9.95. The third-order valence-electron chi connectivity index (χ3n) is 3.68. The Bertz CT molecular complexity index is 321. The Morgan fingerprint density at radius 1 is 1.40 bits per heavy atom. The number of allylic oxidation sites excluding steroid dienone is 1. The predicted octanol–water partition coefficient (Wildman–Crippen LogP) is 2.08. The molecule has 1 atom stereocenters. The van der Waals surface area contributed by atoms with Gasteiger partial charge < -0.3 is 10.5 Å². The first-order chi connectivity index (χ1) is 7.00. The van der Waals surface area contributed by atoms with Crippen LogP contribution in [0.25, 0.3) is 0 Å². The highest BCUT2D eigenvalue weighted by molar-refractivity contribution is 5.68. The van der Waals surface area contributed by atoms with E-state index in [0.717, 1.165) is 17.9 Å². The first-order valence-corrected chi connectivity index (χ1v) is 5.70. The van der Waals surface area contributed by atoms with Gasteiger partial charge in [0.2, 0.25) is 0 Å². The first kappa shape index (κ1) is 10.7. The first-order valence-electron chi connectivity index (χ1n) is 5.70. The van der Waals surface area contributed by atoms with Crippen LogP contribution in [0.5, 0.6) is 0 Å². The van der Waals surface area contributed by atoms with Crippen LogP contribution in [0.15, 0.2) is 16.4 Å². The van der Waals surface area contributed by atoms with Crippen molar-refractivity contribution in [3.8, 4) is 0 Å². The van der Waals surface area contributed by atoms with Crippen molar-refractivity contribution in [2.24, 2.45) is 22.6 Å². The van der Waals surface area contributed by atoms with Gasteiger partial charge in [0.25, 0.3) is 0 Å². The standard InChI is InChI=1S/C12H20N2O/c1-7(2)12(8(3)4)11(13)10-9(15-12)5-6-14-10/h6-8,11H,5,13H2,1-4H3/t11-/m1/s1. The summed E-state index contributed by atoms with van der Waals surface area (Å²) in [6, 6.07) is -0.0775. The van der Waals surface area contributed by atoms with E-state index in [1.54, 1.807) is 0 Å². The zero-order chi connectivity index (χ0) is 11.2. The summed E-state index contributed by atoms with van der Waals surface area (Å²) in [6.45, 7) is 8.69. The van der Waals surface area contributed by atoms with Gasteiger partial charge in [-0.1, -0.05) is 27.7 Å². The summed E-state index contributed by atoms with van der Waals surface area (Å²) < 4.78 is 6.14. The molecule has 0 spiro atoms. The second-order valence-corrected chi connectivity index (χ2v) is 5.07. The molecule has 0 bridgehead atoms. The Kier molecular flexibility index (Phi) is 2.38. The fourth-order valence-electron chi connectivity index (χ4n) is 2.86. The van der Waals surface area contributed by atoms with Gasteiger partial charge in [-0.15, -0.1) is 0 Å². The van der Waals surface area contributed by atoms with E-state index in [1.165, 1.54) is 0 Å². The summed E-state index contributed by atoms with van der Waals surface area (Å²) in [5.74, 6) is 1.78. The number of nitrogens with two attached hydrogens (primary N) is 1. The summed E-state index contributed by atoms with van der Waals surface area (Å²) in [6.07, 6.45) is 2.69. The van der Waals surface area contributed by atoms with Crippen molar-refractivity contribution in [1.29, 1.82) is 0 Å². The second kappa shape index (κ2) is 3.34. The Morgan fingerprint density at radius 3 is 2.47 bits per heavy atom. The van der Waals surface area contributed by atoms with E-state index < -0.39 is 0 Å². The molecule has 0 saturated heterocycles. The highest BCUT2D eigenvalue weighted by atomic mass is 16.5. The molecule has 0 aliphatic carbocycles. The van der Waals surface area contributed by atoms with Crippen LogP contribution in [0.2, 0.25) is 0 Å². The summed E-state index contributed by atoms with van der Waals surface area (Å²) in [4.78, 5) is 4.34. The summed E-state index contributed by atoms with van der Waals surface area (Å²) in [5, 5.41) is 0. The van der Waals surface area contributed by atoms with Gasteiger partial charge in [0.1, 0.15) is 11.4 Å². The van der Waals surface area contributed by atoms with E-state index in [-0.39, 0.29) is 11.6 Å². The van der Waals surface area contributed by atoms with Crippen LogP contribution in [-0.4, -0.2) is 17.9 Å². The van der Waals surface area contributed by atoms with Gasteiger partial charge in [0.05, 0.1) is 11.7 Å². The molecule has 3 nitrogen and oxygen atoms in total. The molecule has 84 valence electrons. The molecule has 0 amide bonds. The molecule has 2 N–H and O–H groups in total. The Labute approximate surface area is 91.4 Å². The van der Waals surface area contributed by atoms with E-state index in [4.69, 9.17) is 10.5 Å². The number of aliphatic imine (C=N–C) groups is 1. The molecule has 2 rings (SSSR count). The summed E-state index contributed by atoms with van der Waals surface area (Å²) in [5.41, 5.74) is 7.01. The van der Waals surface area contributed by atoms with Crippen molar-refractivity contribution in [2.75, 3.05) is 0 Å².